The van der Waals surface area contributed by atoms with E-state index in [2.05, 4.69) is 37.7 Å². The Bertz CT molecular complexity index is 1390. The maximum atomic E-state index is 4.71. The van der Waals surface area contributed by atoms with Crippen molar-refractivity contribution in [2.75, 3.05) is 0 Å². The number of aromatic nitrogens is 6. The van der Waals surface area contributed by atoms with Crippen LogP contribution in [0.25, 0.3) is 39.2 Å². The summed E-state index contributed by atoms with van der Waals surface area (Å²) in [6, 6.07) is 17.8. The summed E-state index contributed by atoms with van der Waals surface area (Å²) in [6.45, 7) is 8.35. The highest BCUT2D eigenvalue weighted by atomic mass is 15.1. The van der Waals surface area contributed by atoms with Crippen LogP contribution in [0.4, 0.5) is 0 Å². The molecule has 0 aliphatic rings. The lowest BCUT2D eigenvalue weighted by molar-refractivity contribution is 1.06. The zero-order valence-corrected chi connectivity index (χ0v) is 16.2. The molecule has 0 radical (unpaired) electrons. The van der Waals surface area contributed by atoms with Crippen molar-refractivity contribution in [2.24, 2.45) is 0 Å². The van der Waals surface area contributed by atoms with Crippen LogP contribution >= 0.6 is 0 Å². The van der Waals surface area contributed by atoms with Gasteiger partial charge in [-0.3, -0.25) is 4.57 Å². The van der Waals surface area contributed by atoms with E-state index in [0.29, 0.717) is 17.1 Å². The number of H-pyrrole nitrogens is 1. The van der Waals surface area contributed by atoms with E-state index >= 15 is 0 Å². The fraction of sp³-hybridized carbons (Fsp3) is 0. The van der Waals surface area contributed by atoms with Crippen molar-refractivity contribution in [1.29, 1.82) is 0 Å². The standard InChI is InChI=1S/C24H18N6/c1-16(21-27-19-10-6-14-25-22(19)28-21)12-13-17(2)24-29-23-20(11-7-15-26-23)30(24)18-8-4-3-5-9-18/h3-15H,1-2H2,(H,25,27,28)/b13-12-. The lowest BCUT2D eigenvalue weighted by Crippen LogP contribution is -1.99. The van der Waals surface area contributed by atoms with Gasteiger partial charge in [-0.1, -0.05) is 43.5 Å². The maximum absolute atomic E-state index is 4.71. The van der Waals surface area contributed by atoms with Gasteiger partial charge in [0.2, 0.25) is 0 Å². The van der Waals surface area contributed by atoms with Crippen LogP contribution in [-0.4, -0.2) is 29.5 Å². The van der Waals surface area contributed by atoms with Gasteiger partial charge in [-0.2, -0.15) is 0 Å². The molecule has 144 valence electrons. The van der Waals surface area contributed by atoms with Crippen LogP contribution in [0.5, 0.6) is 0 Å². The zero-order chi connectivity index (χ0) is 20.5. The van der Waals surface area contributed by atoms with E-state index in [4.69, 9.17) is 4.98 Å². The Morgan fingerprint density at radius 1 is 0.800 bits per heavy atom. The molecule has 0 aliphatic heterocycles. The minimum Gasteiger partial charge on any atom is -0.337 e. The Morgan fingerprint density at radius 2 is 1.53 bits per heavy atom. The second kappa shape index (κ2) is 7.25. The smallest absolute Gasteiger partial charge is 0.178 e. The van der Waals surface area contributed by atoms with Gasteiger partial charge in [0.25, 0.3) is 0 Å². The van der Waals surface area contributed by atoms with E-state index in [9.17, 15) is 0 Å². The van der Waals surface area contributed by atoms with Crippen molar-refractivity contribution in [3.8, 4) is 5.69 Å². The molecule has 0 amide bonds. The minimum atomic E-state index is 0.665. The highest BCUT2D eigenvalue weighted by Gasteiger charge is 2.14. The summed E-state index contributed by atoms with van der Waals surface area (Å²) in [6.07, 6.45) is 7.23. The molecule has 1 aromatic carbocycles. The molecule has 0 saturated heterocycles. The second-order valence-electron chi connectivity index (χ2n) is 6.80. The van der Waals surface area contributed by atoms with Crippen molar-refractivity contribution < 1.29 is 0 Å². The zero-order valence-electron chi connectivity index (χ0n) is 16.2. The topological polar surface area (TPSA) is 72.3 Å². The molecular formula is C24H18N6. The van der Waals surface area contributed by atoms with Crippen molar-refractivity contribution in [3.63, 3.8) is 0 Å². The Labute approximate surface area is 173 Å². The Hall–Kier alpha value is -4.32. The van der Waals surface area contributed by atoms with E-state index in [0.717, 1.165) is 33.7 Å². The second-order valence-corrected chi connectivity index (χ2v) is 6.80. The van der Waals surface area contributed by atoms with Gasteiger partial charge in [-0.25, -0.2) is 19.9 Å². The predicted octanol–water partition coefficient (Wildman–Crippen LogP) is 4.97. The average Bonchev–Trinajstić information content (AvgIpc) is 3.39. The number of hydrogen-bond acceptors (Lipinski definition) is 4. The van der Waals surface area contributed by atoms with Gasteiger partial charge in [-0.05, 0) is 36.4 Å². The van der Waals surface area contributed by atoms with Crippen LogP contribution in [-0.2, 0) is 0 Å². The van der Waals surface area contributed by atoms with Crippen LogP contribution in [0, 0.1) is 0 Å². The molecule has 4 heterocycles. The number of imidazole rings is 2. The number of fused-ring (bicyclic) bond motifs is 2. The number of para-hydroxylation sites is 1. The van der Waals surface area contributed by atoms with Crippen LogP contribution in [0.3, 0.4) is 0 Å². The first kappa shape index (κ1) is 17.8. The van der Waals surface area contributed by atoms with Gasteiger partial charge < -0.3 is 4.98 Å². The summed E-state index contributed by atoms with van der Waals surface area (Å²) in [5.74, 6) is 1.40. The lowest BCUT2D eigenvalue weighted by Gasteiger charge is -2.09. The van der Waals surface area contributed by atoms with E-state index in [1.165, 1.54) is 0 Å². The molecule has 1 N–H and O–H groups in total. The lowest BCUT2D eigenvalue weighted by atomic mass is 10.2. The molecule has 5 aromatic rings. The van der Waals surface area contributed by atoms with Crippen LogP contribution < -0.4 is 0 Å². The molecular weight excluding hydrogens is 372 g/mol. The Morgan fingerprint density at radius 3 is 2.33 bits per heavy atom. The third kappa shape index (κ3) is 3.10. The quantitative estimate of drug-likeness (QED) is 0.430. The maximum Gasteiger partial charge on any atom is 0.178 e. The van der Waals surface area contributed by atoms with Crippen molar-refractivity contribution in [1.82, 2.24) is 29.5 Å². The molecule has 5 rings (SSSR count). The highest BCUT2D eigenvalue weighted by molar-refractivity contribution is 5.84. The van der Waals surface area contributed by atoms with Gasteiger partial charge in [0, 0.05) is 29.2 Å². The number of allylic oxidation sites excluding steroid dienone is 4. The Kier molecular flexibility index (Phi) is 4.29. The van der Waals surface area contributed by atoms with Gasteiger partial charge in [-0.15, -0.1) is 0 Å². The summed E-state index contributed by atoms with van der Waals surface area (Å²) in [5.41, 5.74) is 5.61. The SMILES string of the molecule is C=C(/C=C\C(=C)c1nc2ncccc2n1-c1ccccc1)c1nc2ncccc2[nH]1. The molecule has 0 spiro atoms. The molecule has 0 saturated carbocycles. The highest BCUT2D eigenvalue weighted by Crippen LogP contribution is 2.25. The van der Waals surface area contributed by atoms with E-state index in [-0.39, 0.29) is 0 Å². The van der Waals surface area contributed by atoms with Crippen molar-refractivity contribution in [2.45, 2.75) is 0 Å². The number of rotatable bonds is 5. The third-order valence-electron chi connectivity index (χ3n) is 4.78. The summed E-state index contributed by atoms with van der Waals surface area (Å²) >= 11 is 0. The summed E-state index contributed by atoms with van der Waals surface area (Å²) in [7, 11) is 0. The molecule has 6 nitrogen and oxygen atoms in total. The number of hydrogen-bond donors (Lipinski definition) is 1. The predicted molar refractivity (Wildman–Crippen MR) is 120 cm³/mol. The number of aromatic amines is 1. The number of nitrogens with one attached hydrogen (secondary N) is 1. The monoisotopic (exact) mass is 390 g/mol. The van der Waals surface area contributed by atoms with Gasteiger partial charge in [0.15, 0.2) is 11.3 Å². The first-order valence-corrected chi connectivity index (χ1v) is 9.47. The fourth-order valence-corrected chi connectivity index (χ4v) is 3.32. The van der Waals surface area contributed by atoms with Crippen LogP contribution in [0.15, 0.2) is 92.3 Å². The number of nitrogens with zero attached hydrogens (tertiary/aromatic N) is 5. The normalized spacial score (nSPS) is 11.5. The molecule has 0 unspecified atom stereocenters. The van der Waals surface area contributed by atoms with E-state index < -0.39 is 0 Å². The molecule has 0 aliphatic carbocycles. The fourth-order valence-electron chi connectivity index (χ4n) is 3.32. The molecule has 6 heteroatoms. The summed E-state index contributed by atoms with van der Waals surface area (Å²) in [5, 5.41) is 0. The summed E-state index contributed by atoms with van der Waals surface area (Å²) in [4.78, 5) is 21.1. The van der Waals surface area contributed by atoms with Gasteiger partial charge in [0.1, 0.15) is 11.6 Å². The van der Waals surface area contributed by atoms with Gasteiger partial charge in [0.05, 0.1) is 11.0 Å². The molecule has 0 fully saturated rings. The van der Waals surface area contributed by atoms with E-state index in [1.807, 2.05) is 66.7 Å². The molecule has 4 aromatic heterocycles. The van der Waals surface area contributed by atoms with Crippen molar-refractivity contribution >= 4 is 33.5 Å². The van der Waals surface area contributed by atoms with Crippen LogP contribution in [0.2, 0.25) is 0 Å². The average molecular weight is 390 g/mol. The molecule has 30 heavy (non-hydrogen) atoms. The largest absolute Gasteiger partial charge is 0.337 e. The summed E-state index contributed by atoms with van der Waals surface area (Å²) < 4.78 is 2.06. The minimum absolute atomic E-state index is 0.665. The Balaban J connectivity index is 1.51. The number of pyridine rings is 2. The molecule has 0 atom stereocenters. The number of benzene rings is 1. The van der Waals surface area contributed by atoms with Crippen LogP contribution in [0.1, 0.15) is 11.6 Å². The third-order valence-corrected chi connectivity index (χ3v) is 4.78. The van der Waals surface area contributed by atoms with Crippen molar-refractivity contribution in [3.05, 3.63) is 104 Å². The van der Waals surface area contributed by atoms with E-state index in [1.54, 1.807) is 12.4 Å². The first-order valence-electron chi connectivity index (χ1n) is 9.47. The first-order chi connectivity index (χ1) is 14.7. The molecule has 0 bridgehead atoms. The van der Waals surface area contributed by atoms with Gasteiger partial charge >= 0.3 is 0 Å².